The van der Waals surface area contributed by atoms with Crippen LogP contribution in [0.3, 0.4) is 0 Å². The Morgan fingerprint density at radius 3 is 2.73 bits per heavy atom. The number of benzene rings is 1. The van der Waals surface area contributed by atoms with Gasteiger partial charge in [0.15, 0.2) is 5.75 Å². The zero-order valence-electron chi connectivity index (χ0n) is 7.57. The fourth-order valence-corrected chi connectivity index (χ4v) is 1.75. The largest absolute Gasteiger partial charge is 0.397 e. The summed E-state index contributed by atoms with van der Waals surface area (Å²) in [4.78, 5) is 0. The van der Waals surface area contributed by atoms with E-state index in [0.29, 0.717) is 5.02 Å². The first kappa shape index (κ1) is 11.6. The second-order valence-electron chi connectivity index (χ2n) is 2.76. The summed E-state index contributed by atoms with van der Waals surface area (Å²) in [5.74, 6) is -0.602. The maximum Gasteiger partial charge on any atom is 0.246 e. The van der Waals surface area contributed by atoms with Gasteiger partial charge in [-0.25, -0.2) is 8.42 Å². The Kier molecular flexibility index (Phi) is 3.39. The van der Waals surface area contributed by atoms with Gasteiger partial charge in [-0.05, 0) is 18.2 Å². The Morgan fingerprint density at radius 2 is 2.20 bits per heavy atom. The average molecular weight is 246 g/mol. The summed E-state index contributed by atoms with van der Waals surface area (Å²) in [6.45, 7) is 0. The van der Waals surface area contributed by atoms with E-state index in [0.717, 1.165) is 0 Å². The Labute approximate surface area is 92.5 Å². The first-order valence-corrected chi connectivity index (χ1v) is 5.90. The molecule has 0 unspecified atom stereocenters. The van der Waals surface area contributed by atoms with E-state index in [-0.39, 0.29) is 11.4 Å². The monoisotopic (exact) mass is 245 g/mol. The summed E-state index contributed by atoms with van der Waals surface area (Å²) in [5, 5.41) is 8.61. The molecule has 15 heavy (non-hydrogen) atoms. The van der Waals surface area contributed by atoms with Gasteiger partial charge >= 0.3 is 0 Å². The Balaban J connectivity index is 2.92. The number of nitrogen functional groups attached to an aromatic ring is 1. The molecule has 0 amide bonds. The Morgan fingerprint density at radius 1 is 1.53 bits per heavy atom. The molecule has 0 atom stereocenters. The number of sulfonamides is 1. The molecule has 5 nitrogen and oxygen atoms in total. The van der Waals surface area contributed by atoms with Crippen LogP contribution >= 0.6 is 11.6 Å². The van der Waals surface area contributed by atoms with E-state index >= 15 is 0 Å². The van der Waals surface area contributed by atoms with Crippen LogP contribution in [0.2, 0.25) is 5.02 Å². The molecule has 3 N–H and O–H groups in total. The zero-order chi connectivity index (χ0) is 11.5. The third-order valence-corrected chi connectivity index (χ3v) is 2.92. The van der Waals surface area contributed by atoms with Crippen LogP contribution < -0.4 is 10.5 Å². The third kappa shape index (κ3) is 3.31. The lowest BCUT2D eigenvalue weighted by Gasteiger charge is -2.06. The van der Waals surface area contributed by atoms with Gasteiger partial charge in [0.1, 0.15) is 0 Å². The van der Waals surface area contributed by atoms with Crippen molar-refractivity contribution in [1.29, 1.82) is 5.26 Å². The second-order valence-corrected chi connectivity index (χ2v) is 4.89. The van der Waals surface area contributed by atoms with Gasteiger partial charge in [-0.2, -0.15) is 5.26 Å². The minimum atomic E-state index is -3.62. The van der Waals surface area contributed by atoms with Crippen LogP contribution in [0.15, 0.2) is 18.2 Å². The standard InChI is InChI=1S/C8H8ClN3O2S/c9-7-2-1-6(5-8(7)11)12-15(13,14)4-3-10/h1-2,5,12H,4,11H2. The van der Waals surface area contributed by atoms with Crippen molar-refractivity contribution in [2.75, 3.05) is 16.2 Å². The molecule has 0 aromatic heterocycles. The molecule has 80 valence electrons. The predicted molar refractivity (Wildman–Crippen MR) is 58.9 cm³/mol. The van der Waals surface area contributed by atoms with Gasteiger partial charge in [-0.3, -0.25) is 4.72 Å². The van der Waals surface area contributed by atoms with Crippen molar-refractivity contribution in [3.63, 3.8) is 0 Å². The maximum atomic E-state index is 11.2. The number of nitrogens with one attached hydrogen (secondary N) is 1. The van der Waals surface area contributed by atoms with Crippen molar-refractivity contribution in [2.24, 2.45) is 0 Å². The first-order valence-electron chi connectivity index (χ1n) is 3.87. The molecule has 0 aliphatic heterocycles. The van der Waals surface area contributed by atoms with Crippen molar-refractivity contribution in [1.82, 2.24) is 0 Å². The predicted octanol–water partition coefficient (Wildman–Crippen LogP) is 1.19. The lowest BCUT2D eigenvalue weighted by molar-refractivity contribution is 0.604. The van der Waals surface area contributed by atoms with Crippen molar-refractivity contribution < 1.29 is 8.42 Å². The Bertz CT molecular complexity index is 507. The SMILES string of the molecule is N#CCS(=O)(=O)Nc1ccc(Cl)c(N)c1. The molecule has 7 heteroatoms. The van der Waals surface area contributed by atoms with Crippen molar-refractivity contribution in [3.8, 4) is 6.07 Å². The van der Waals surface area contributed by atoms with Gasteiger partial charge in [0, 0.05) is 0 Å². The van der Waals surface area contributed by atoms with Gasteiger partial charge in [-0.1, -0.05) is 11.6 Å². The number of anilines is 2. The number of nitrogens with two attached hydrogens (primary N) is 1. The number of halogens is 1. The molecule has 0 bridgehead atoms. The van der Waals surface area contributed by atoms with Crippen LogP contribution in [-0.4, -0.2) is 14.2 Å². The van der Waals surface area contributed by atoms with Gasteiger partial charge < -0.3 is 5.73 Å². The molecule has 1 aromatic rings. The second kappa shape index (κ2) is 4.38. The van der Waals surface area contributed by atoms with E-state index in [1.807, 2.05) is 0 Å². The van der Waals surface area contributed by atoms with Crippen LogP contribution in [-0.2, 0) is 10.0 Å². The summed E-state index contributed by atoms with van der Waals surface area (Å²) >= 11 is 5.66. The van der Waals surface area contributed by atoms with E-state index in [1.54, 1.807) is 6.07 Å². The molecule has 0 saturated heterocycles. The molecular formula is C8H8ClN3O2S. The molecule has 0 aliphatic rings. The molecule has 1 aromatic carbocycles. The maximum absolute atomic E-state index is 11.2. The summed E-state index contributed by atoms with van der Waals surface area (Å²) < 4.78 is 24.6. The smallest absolute Gasteiger partial charge is 0.246 e. The number of nitriles is 1. The van der Waals surface area contributed by atoms with Gasteiger partial charge in [0.05, 0.1) is 22.5 Å². The van der Waals surface area contributed by atoms with Crippen LogP contribution in [0.4, 0.5) is 11.4 Å². The normalized spacial score (nSPS) is 10.7. The summed E-state index contributed by atoms with van der Waals surface area (Å²) in [6.07, 6.45) is 0. The highest BCUT2D eigenvalue weighted by Crippen LogP contribution is 2.22. The van der Waals surface area contributed by atoms with Gasteiger partial charge in [0.2, 0.25) is 10.0 Å². The van der Waals surface area contributed by atoms with Crippen molar-refractivity contribution in [3.05, 3.63) is 23.2 Å². The molecular weight excluding hydrogens is 238 g/mol. The molecule has 1 rings (SSSR count). The van der Waals surface area contributed by atoms with Crippen LogP contribution in [0.25, 0.3) is 0 Å². The topological polar surface area (TPSA) is 96.0 Å². The molecule has 0 aliphatic carbocycles. The van der Waals surface area contributed by atoms with Gasteiger partial charge in [-0.15, -0.1) is 0 Å². The van der Waals surface area contributed by atoms with E-state index in [1.165, 1.54) is 18.2 Å². The molecule has 0 heterocycles. The molecule has 0 radical (unpaired) electrons. The molecule has 0 spiro atoms. The minimum absolute atomic E-state index is 0.272. The lowest BCUT2D eigenvalue weighted by atomic mass is 10.3. The lowest BCUT2D eigenvalue weighted by Crippen LogP contribution is -2.15. The number of rotatable bonds is 3. The zero-order valence-corrected chi connectivity index (χ0v) is 9.14. The van der Waals surface area contributed by atoms with E-state index in [2.05, 4.69) is 4.72 Å². The average Bonchev–Trinajstić information content (AvgIpc) is 2.10. The molecule has 0 fully saturated rings. The third-order valence-electron chi connectivity index (χ3n) is 1.52. The Hall–Kier alpha value is -1.45. The number of nitrogens with zero attached hydrogens (tertiary/aromatic N) is 1. The fourth-order valence-electron chi connectivity index (χ4n) is 0.908. The van der Waals surface area contributed by atoms with E-state index in [9.17, 15) is 8.42 Å². The van der Waals surface area contributed by atoms with Crippen LogP contribution in [0.5, 0.6) is 0 Å². The summed E-state index contributed by atoms with van der Waals surface area (Å²) in [6, 6.07) is 5.87. The van der Waals surface area contributed by atoms with E-state index < -0.39 is 15.8 Å². The highest BCUT2D eigenvalue weighted by atomic mass is 35.5. The van der Waals surface area contributed by atoms with Crippen molar-refractivity contribution in [2.45, 2.75) is 0 Å². The van der Waals surface area contributed by atoms with Gasteiger partial charge in [0.25, 0.3) is 0 Å². The molecule has 0 saturated carbocycles. The quantitative estimate of drug-likeness (QED) is 0.782. The number of hydrogen-bond acceptors (Lipinski definition) is 4. The fraction of sp³-hybridized carbons (Fsp3) is 0.125. The summed E-state index contributed by atoms with van der Waals surface area (Å²) in [5.41, 5.74) is 6.04. The highest BCUT2D eigenvalue weighted by Gasteiger charge is 2.09. The first-order chi connectivity index (χ1) is 6.94. The highest BCUT2D eigenvalue weighted by molar-refractivity contribution is 7.92. The number of hydrogen-bond donors (Lipinski definition) is 2. The van der Waals surface area contributed by atoms with Crippen LogP contribution in [0.1, 0.15) is 0 Å². The van der Waals surface area contributed by atoms with Crippen molar-refractivity contribution >= 4 is 33.0 Å². The minimum Gasteiger partial charge on any atom is -0.397 e. The van der Waals surface area contributed by atoms with Crippen LogP contribution in [0, 0.1) is 11.3 Å². The summed E-state index contributed by atoms with van der Waals surface area (Å²) in [7, 11) is -3.62. The van der Waals surface area contributed by atoms with E-state index in [4.69, 9.17) is 22.6 Å².